The predicted octanol–water partition coefficient (Wildman–Crippen LogP) is 4.23. The summed E-state index contributed by atoms with van der Waals surface area (Å²) in [6.45, 7) is 0. The van der Waals surface area contributed by atoms with Crippen molar-refractivity contribution in [3.63, 3.8) is 0 Å². The molecule has 0 amide bonds. The molecule has 2 aromatic rings. The third kappa shape index (κ3) is 2.63. The summed E-state index contributed by atoms with van der Waals surface area (Å²) >= 11 is 3.11. The van der Waals surface area contributed by atoms with Gasteiger partial charge in [-0.05, 0) is 35.4 Å². The molecule has 0 radical (unpaired) electrons. The molecule has 0 atom stereocenters. The summed E-state index contributed by atoms with van der Waals surface area (Å²) in [5.74, 6) is -5.57. The number of halogens is 4. The van der Waals surface area contributed by atoms with Gasteiger partial charge in [-0.3, -0.25) is 0 Å². The van der Waals surface area contributed by atoms with Crippen LogP contribution in [0.4, 0.5) is 13.2 Å². The summed E-state index contributed by atoms with van der Waals surface area (Å²) in [7, 11) is 0. The van der Waals surface area contributed by atoms with Crippen molar-refractivity contribution in [2.24, 2.45) is 0 Å². The van der Waals surface area contributed by atoms with Gasteiger partial charge in [-0.15, -0.1) is 0 Å². The maximum absolute atomic E-state index is 13.2. The highest BCUT2D eigenvalue weighted by Crippen LogP contribution is 2.29. The summed E-state index contributed by atoms with van der Waals surface area (Å²) in [4.78, 5) is 11.1. The largest absolute Gasteiger partial charge is 0.478 e. The van der Waals surface area contributed by atoms with Gasteiger partial charge in [0.2, 0.25) is 0 Å². The zero-order valence-electron chi connectivity index (χ0n) is 9.25. The molecule has 2 rings (SSSR count). The molecule has 2 nitrogen and oxygen atoms in total. The lowest BCUT2D eigenvalue weighted by Crippen LogP contribution is -2.01. The van der Waals surface area contributed by atoms with E-state index in [9.17, 15) is 18.0 Å². The summed E-state index contributed by atoms with van der Waals surface area (Å²) < 4.78 is 39.7. The number of carbonyl (C=O) groups is 1. The van der Waals surface area contributed by atoms with Gasteiger partial charge in [-0.2, -0.15) is 0 Å². The van der Waals surface area contributed by atoms with Crippen LogP contribution < -0.4 is 0 Å². The molecule has 0 aliphatic rings. The van der Waals surface area contributed by atoms with Gasteiger partial charge < -0.3 is 5.11 Å². The van der Waals surface area contributed by atoms with Crippen molar-refractivity contribution >= 4 is 21.9 Å². The number of rotatable bonds is 2. The average Bonchev–Trinajstić information content (AvgIpc) is 2.35. The van der Waals surface area contributed by atoms with E-state index in [4.69, 9.17) is 5.11 Å². The molecule has 98 valence electrons. The van der Waals surface area contributed by atoms with Gasteiger partial charge in [-0.25, -0.2) is 18.0 Å². The SMILES string of the molecule is O=C(O)c1cc(Br)ccc1-c1cc(F)c(F)c(F)c1. The molecule has 0 spiro atoms. The Hall–Kier alpha value is -1.82. The number of hydrogen-bond acceptors (Lipinski definition) is 1. The fourth-order valence-electron chi connectivity index (χ4n) is 1.66. The lowest BCUT2D eigenvalue weighted by atomic mass is 9.99. The first-order chi connectivity index (χ1) is 8.90. The van der Waals surface area contributed by atoms with Crippen LogP contribution in [-0.2, 0) is 0 Å². The minimum absolute atomic E-state index is 0.0405. The second kappa shape index (κ2) is 5.05. The van der Waals surface area contributed by atoms with Crippen molar-refractivity contribution < 1.29 is 23.1 Å². The van der Waals surface area contributed by atoms with E-state index >= 15 is 0 Å². The Kier molecular flexibility index (Phi) is 3.61. The first-order valence-corrected chi connectivity index (χ1v) is 5.87. The van der Waals surface area contributed by atoms with Gasteiger partial charge in [-0.1, -0.05) is 22.0 Å². The molecule has 1 N–H and O–H groups in total. The highest BCUT2D eigenvalue weighted by atomic mass is 79.9. The molecule has 0 bridgehead atoms. The molecule has 0 aromatic heterocycles. The van der Waals surface area contributed by atoms with E-state index in [2.05, 4.69) is 15.9 Å². The number of carboxylic acid groups (broad SMARTS) is 1. The topological polar surface area (TPSA) is 37.3 Å². The summed E-state index contributed by atoms with van der Waals surface area (Å²) in [5.41, 5.74) is -0.0745. The molecule has 6 heteroatoms. The fraction of sp³-hybridized carbons (Fsp3) is 0. The highest BCUT2D eigenvalue weighted by molar-refractivity contribution is 9.10. The van der Waals surface area contributed by atoms with Gasteiger partial charge in [0.15, 0.2) is 17.5 Å². The Bertz CT molecular complexity index is 648. The van der Waals surface area contributed by atoms with Crippen LogP contribution in [0.3, 0.4) is 0 Å². The van der Waals surface area contributed by atoms with Crippen molar-refractivity contribution in [1.29, 1.82) is 0 Å². The van der Waals surface area contributed by atoms with Crippen molar-refractivity contribution in [3.05, 3.63) is 57.8 Å². The Labute approximate surface area is 114 Å². The van der Waals surface area contributed by atoms with Crippen LogP contribution >= 0.6 is 15.9 Å². The van der Waals surface area contributed by atoms with E-state index in [1.807, 2.05) is 0 Å². The molecule has 0 saturated heterocycles. The van der Waals surface area contributed by atoms with Gasteiger partial charge in [0, 0.05) is 4.47 Å². The number of hydrogen-bond donors (Lipinski definition) is 1. The van der Waals surface area contributed by atoms with Crippen molar-refractivity contribution in [3.8, 4) is 11.1 Å². The van der Waals surface area contributed by atoms with Crippen LogP contribution in [-0.4, -0.2) is 11.1 Å². The van der Waals surface area contributed by atoms with Gasteiger partial charge >= 0.3 is 5.97 Å². The number of carboxylic acids is 1. The van der Waals surface area contributed by atoms with Crippen LogP contribution in [0, 0.1) is 17.5 Å². The highest BCUT2D eigenvalue weighted by Gasteiger charge is 2.16. The maximum Gasteiger partial charge on any atom is 0.336 e. The maximum atomic E-state index is 13.2. The first-order valence-electron chi connectivity index (χ1n) is 5.08. The Balaban J connectivity index is 2.68. The molecule has 19 heavy (non-hydrogen) atoms. The van der Waals surface area contributed by atoms with Crippen molar-refractivity contribution in [1.82, 2.24) is 0 Å². The third-order valence-electron chi connectivity index (χ3n) is 2.51. The lowest BCUT2D eigenvalue weighted by molar-refractivity contribution is 0.0697. The Morgan fingerprint density at radius 2 is 1.63 bits per heavy atom. The fourth-order valence-corrected chi connectivity index (χ4v) is 2.02. The molecule has 0 saturated carbocycles. The van der Waals surface area contributed by atoms with Crippen molar-refractivity contribution in [2.45, 2.75) is 0 Å². The quantitative estimate of drug-likeness (QED) is 0.836. The molecular formula is C13H6BrF3O2. The predicted molar refractivity (Wildman–Crippen MR) is 66.4 cm³/mol. The van der Waals surface area contributed by atoms with Gasteiger partial charge in [0.05, 0.1) is 5.56 Å². The average molecular weight is 331 g/mol. The molecular weight excluding hydrogens is 325 g/mol. The minimum Gasteiger partial charge on any atom is -0.478 e. The molecule has 0 unspecified atom stereocenters. The van der Waals surface area contributed by atoms with E-state index in [1.165, 1.54) is 18.2 Å². The molecule has 0 fully saturated rings. The zero-order chi connectivity index (χ0) is 14.2. The second-order valence-corrected chi connectivity index (χ2v) is 4.66. The molecule has 2 aromatic carbocycles. The first kappa shape index (κ1) is 13.6. The van der Waals surface area contributed by atoms with Gasteiger partial charge in [0.25, 0.3) is 0 Å². The standard InChI is InChI=1S/C13H6BrF3O2/c14-7-1-2-8(9(5-7)13(18)19)6-3-10(15)12(17)11(16)4-6/h1-5H,(H,18,19). The van der Waals surface area contributed by atoms with E-state index in [0.29, 0.717) is 4.47 Å². The Morgan fingerprint density at radius 3 is 2.16 bits per heavy atom. The van der Waals surface area contributed by atoms with Crippen molar-refractivity contribution in [2.75, 3.05) is 0 Å². The van der Waals surface area contributed by atoms with Crippen LogP contribution in [0.5, 0.6) is 0 Å². The smallest absolute Gasteiger partial charge is 0.336 e. The van der Waals surface area contributed by atoms with E-state index in [0.717, 1.165) is 12.1 Å². The molecule has 0 aliphatic carbocycles. The summed E-state index contributed by atoms with van der Waals surface area (Å²) in [6.07, 6.45) is 0. The van der Waals surface area contributed by atoms with E-state index in [1.54, 1.807) is 0 Å². The van der Waals surface area contributed by atoms with Crippen LogP contribution in [0.15, 0.2) is 34.8 Å². The summed E-state index contributed by atoms with van der Waals surface area (Å²) in [6, 6.07) is 5.74. The van der Waals surface area contributed by atoms with E-state index in [-0.39, 0.29) is 16.7 Å². The van der Waals surface area contributed by atoms with E-state index < -0.39 is 23.4 Å². The Morgan fingerprint density at radius 1 is 1.05 bits per heavy atom. The summed E-state index contributed by atoms with van der Waals surface area (Å²) in [5, 5.41) is 9.06. The third-order valence-corrected chi connectivity index (χ3v) is 3.00. The molecule has 0 heterocycles. The van der Waals surface area contributed by atoms with Crippen LogP contribution in [0.25, 0.3) is 11.1 Å². The monoisotopic (exact) mass is 330 g/mol. The normalized spacial score (nSPS) is 10.5. The number of benzene rings is 2. The number of aromatic carboxylic acids is 1. The van der Waals surface area contributed by atoms with Gasteiger partial charge in [0.1, 0.15) is 0 Å². The second-order valence-electron chi connectivity index (χ2n) is 3.75. The molecule has 0 aliphatic heterocycles. The zero-order valence-corrected chi connectivity index (χ0v) is 10.8. The lowest BCUT2D eigenvalue weighted by Gasteiger charge is -2.08. The van der Waals surface area contributed by atoms with Crippen LogP contribution in [0.2, 0.25) is 0 Å². The minimum atomic E-state index is -1.59. The van der Waals surface area contributed by atoms with Crippen LogP contribution in [0.1, 0.15) is 10.4 Å².